The van der Waals surface area contributed by atoms with Gasteiger partial charge in [0, 0.05) is 6.54 Å². The van der Waals surface area contributed by atoms with Crippen LogP contribution in [0.15, 0.2) is 12.1 Å². The second-order valence-corrected chi connectivity index (χ2v) is 4.62. The summed E-state index contributed by atoms with van der Waals surface area (Å²) in [5, 5.41) is 13.0. The second-order valence-electron chi connectivity index (χ2n) is 4.62. The van der Waals surface area contributed by atoms with Gasteiger partial charge in [0.1, 0.15) is 5.82 Å². The lowest BCUT2D eigenvalue weighted by Gasteiger charge is -2.37. The average molecular weight is 224 g/mol. The van der Waals surface area contributed by atoms with Crippen molar-refractivity contribution < 1.29 is 9.50 Å². The van der Waals surface area contributed by atoms with Crippen LogP contribution in [-0.2, 0) is 0 Å². The fourth-order valence-corrected chi connectivity index (χ4v) is 1.87. The largest absolute Gasteiger partial charge is 0.397 e. The minimum atomic E-state index is -0.602. The van der Waals surface area contributed by atoms with E-state index in [0.717, 1.165) is 19.3 Å². The van der Waals surface area contributed by atoms with Crippen molar-refractivity contribution in [2.24, 2.45) is 0 Å². The van der Waals surface area contributed by atoms with E-state index in [9.17, 15) is 9.50 Å². The summed E-state index contributed by atoms with van der Waals surface area (Å²) in [7, 11) is 0. The molecule has 0 unspecified atom stereocenters. The zero-order valence-corrected chi connectivity index (χ0v) is 9.39. The fourth-order valence-electron chi connectivity index (χ4n) is 1.87. The molecule has 16 heavy (non-hydrogen) atoms. The molecule has 3 nitrogen and oxygen atoms in total. The smallest absolute Gasteiger partial charge is 0.128 e. The zero-order valence-electron chi connectivity index (χ0n) is 9.39. The first-order chi connectivity index (χ1) is 7.50. The Balaban J connectivity index is 2.06. The lowest BCUT2D eigenvalue weighted by molar-refractivity contribution is -0.0201. The Kier molecular flexibility index (Phi) is 2.76. The Hall–Kier alpha value is -1.29. The highest BCUT2D eigenvalue weighted by molar-refractivity contribution is 5.67. The first-order valence-corrected chi connectivity index (χ1v) is 5.52. The third kappa shape index (κ3) is 2.11. The molecular weight excluding hydrogens is 207 g/mol. The number of nitrogen functional groups attached to an aromatic ring is 1. The third-order valence-electron chi connectivity index (χ3n) is 3.22. The first-order valence-electron chi connectivity index (χ1n) is 5.52. The Morgan fingerprint density at radius 2 is 2.19 bits per heavy atom. The van der Waals surface area contributed by atoms with Gasteiger partial charge in [0.25, 0.3) is 0 Å². The Labute approximate surface area is 94.5 Å². The van der Waals surface area contributed by atoms with E-state index in [1.807, 2.05) is 0 Å². The molecule has 88 valence electrons. The molecular formula is C12H17FN2O. The molecule has 0 spiro atoms. The Morgan fingerprint density at radius 3 is 2.75 bits per heavy atom. The highest BCUT2D eigenvalue weighted by atomic mass is 19.1. The van der Waals surface area contributed by atoms with Gasteiger partial charge in [-0.25, -0.2) is 4.39 Å². The van der Waals surface area contributed by atoms with Crippen LogP contribution in [0.25, 0.3) is 0 Å². The second kappa shape index (κ2) is 3.94. The van der Waals surface area contributed by atoms with Gasteiger partial charge in [-0.2, -0.15) is 0 Å². The number of hydrogen-bond donors (Lipinski definition) is 3. The number of benzene rings is 1. The third-order valence-corrected chi connectivity index (χ3v) is 3.22. The highest BCUT2D eigenvalue weighted by Gasteiger charge is 2.34. The SMILES string of the molecule is Cc1cc(NCC2(O)CCC2)c(N)cc1F. The van der Waals surface area contributed by atoms with Gasteiger partial charge in [-0.15, -0.1) is 0 Å². The molecule has 1 fully saturated rings. The maximum atomic E-state index is 13.2. The summed E-state index contributed by atoms with van der Waals surface area (Å²) < 4.78 is 13.2. The van der Waals surface area contributed by atoms with E-state index in [1.54, 1.807) is 13.0 Å². The van der Waals surface area contributed by atoms with Gasteiger partial charge in [-0.05, 0) is 43.9 Å². The van der Waals surface area contributed by atoms with Crippen molar-refractivity contribution in [1.29, 1.82) is 0 Å². The predicted molar refractivity (Wildman–Crippen MR) is 62.8 cm³/mol. The number of halogens is 1. The van der Waals surface area contributed by atoms with Crippen LogP contribution in [0.2, 0.25) is 0 Å². The van der Waals surface area contributed by atoms with Crippen LogP contribution >= 0.6 is 0 Å². The molecule has 0 radical (unpaired) electrons. The van der Waals surface area contributed by atoms with E-state index < -0.39 is 5.60 Å². The summed E-state index contributed by atoms with van der Waals surface area (Å²) in [5.74, 6) is -0.301. The van der Waals surface area contributed by atoms with Crippen molar-refractivity contribution in [3.63, 3.8) is 0 Å². The topological polar surface area (TPSA) is 58.3 Å². The average Bonchev–Trinajstić information content (AvgIpc) is 2.19. The Morgan fingerprint density at radius 1 is 1.50 bits per heavy atom. The van der Waals surface area contributed by atoms with E-state index in [2.05, 4.69) is 5.32 Å². The minimum absolute atomic E-state index is 0.301. The van der Waals surface area contributed by atoms with Crippen LogP contribution in [0, 0.1) is 12.7 Å². The number of aryl methyl sites for hydroxylation is 1. The van der Waals surface area contributed by atoms with E-state index in [0.29, 0.717) is 23.5 Å². The van der Waals surface area contributed by atoms with E-state index >= 15 is 0 Å². The van der Waals surface area contributed by atoms with Gasteiger partial charge in [-0.1, -0.05) is 0 Å². The molecule has 0 amide bonds. The molecule has 0 atom stereocenters. The number of rotatable bonds is 3. The number of nitrogens with two attached hydrogens (primary N) is 1. The number of hydrogen-bond acceptors (Lipinski definition) is 3. The van der Waals surface area contributed by atoms with Crippen LogP contribution < -0.4 is 11.1 Å². The van der Waals surface area contributed by atoms with Crippen molar-refractivity contribution >= 4 is 11.4 Å². The molecule has 0 saturated heterocycles. The van der Waals surface area contributed by atoms with Crippen LogP contribution in [0.5, 0.6) is 0 Å². The summed E-state index contributed by atoms with van der Waals surface area (Å²) in [6, 6.07) is 2.98. The van der Waals surface area contributed by atoms with Gasteiger partial charge in [0.2, 0.25) is 0 Å². The normalized spacial score (nSPS) is 17.9. The highest BCUT2D eigenvalue weighted by Crippen LogP contribution is 2.32. The summed E-state index contributed by atoms with van der Waals surface area (Å²) >= 11 is 0. The summed E-state index contributed by atoms with van der Waals surface area (Å²) in [6.45, 7) is 2.17. The van der Waals surface area contributed by atoms with Crippen molar-refractivity contribution in [3.8, 4) is 0 Å². The van der Waals surface area contributed by atoms with Gasteiger partial charge in [0.05, 0.1) is 17.0 Å². The van der Waals surface area contributed by atoms with E-state index in [-0.39, 0.29) is 5.82 Å². The van der Waals surface area contributed by atoms with Crippen LogP contribution in [0.4, 0.5) is 15.8 Å². The summed E-state index contributed by atoms with van der Waals surface area (Å²) in [6.07, 6.45) is 2.70. The molecule has 1 aromatic rings. The molecule has 0 heterocycles. The maximum Gasteiger partial charge on any atom is 0.128 e. The van der Waals surface area contributed by atoms with Crippen molar-refractivity contribution in [1.82, 2.24) is 0 Å². The van der Waals surface area contributed by atoms with E-state index in [4.69, 9.17) is 5.73 Å². The predicted octanol–water partition coefficient (Wildman–Crippen LogP) is 2.04. The van der Waals surface area contributed by atoms with Gasteiger partial charge < -0.3 is 16.2 Å². The lowest BCUT2D eigenvalue weighted by atomic mass is 9.80. The summed E-state index contributed by atoms with van der Waals surface area (Å²) in [4.78, 5) is 0. The first kappa shape index (κ1) is 11.2. The maximum absolute atomic E-state index is 13.2. The molecule has 1 aliphatic rings. The number of nitrogens with one attached hydrogen (secondary N) is 1. The van der Waals surface area contributed by atoms with Crippen LogP contribution in [0.1, 0.15) is 24.8 Å². The molecule has 1 saturated carbocycles. The molecule has 4 heteroatoms. The Bertz CT molecular complexity index is 402. The van der Waals surface area contributed by atoms with Crippen molar-refractivity contribution in [2.75, 3.05) is 17.6 Å². The molecule has 4 N–H and O–H groups in total. The molecule has 1 aromatic carbocycles. The fraction of sp³-hybridized carbons (Fsp3) is 0.500. The molecule has 0 aliphatic heterocycles. The quantitative estimate of drug-likeness (QED) is 0.689. The standard InChI is InChI=1S/C12H17FN2O/c1-8-5-11(10(14)6-9(8)13)15-7-12(16)3-2-4-12/h5-6,15-16H,2-4,7,14H2,1H3. The molecule has 0 aromatic heterocycles. The van der Waals surface area contributed by atoms with Gasteiger partial charge in [0.15, 0.2) is 0 Å². The summed E-state index contributed by atoms with van der Waals surface area (Å²) in [5.41, 5.74) is 6.72. The van der Waals surface area contributed by atoms with Crippen LogP contribution in [-0.4, -0.2) is 17.3 Å². The monoisotopic (exact) mass is 224 g/mol. The van der Waals surface area contributed by atoms with Crippen molar-refractivity contribution in [3.05, 3.63) is 23.5 Å². The van der Waals surface area contributed by atoms with Gasteiger partial charge >= 0.3 is 0 Å². The molecule has 0 bridgehead atoms. The van der Waals surface area contributed by atoms with Crippen molar-refractivity contribution in [2.45, 2.75) is 31.8 Å². The van der Waals surface area contributed by atoms with E-state index in [1.165, 1.54) is 6.07 Å². The number of aliphatic hydroxyl groups is 1. The van der Waals surface area contributed by atoms with Gasteiger partial charge in [-0.3, -0.25) is 0 Å². The number of anilines is 2. The molecule has 2 rings (SSSR count). The van der Waals surface area contributed by atoms with Crippen LogP contribution in [0.3, 0.4) is 0 Å². The molecule has 1 aliphatic carbocycles. The zero-order chi connectivity index (χ0) is 11.8. The minimum Gasteiger partial charge on any atom is -0.397 e. The lowest BCUT2D eigenvalue weighted by Crippen LogP contribution is -2.43.